The van der Waals surface area contributed by atoms with Gasteiger partial charge in [-0.05, 0) is 65.4 Å². The van der Waals surface area contributed by atoms with E-state index in [-0.39, 0.29) is 10.1 Å². The van der Waals surface area contributed by atoms with Crippen LogP contribution in [0, 0.1) is 0 Å². The number of hydrogen-bond donors (Lipinski definition) is 2. The van der Waals surface area contributed by atoms with Gasteiger partial charge >= 0.3 is 5.97 Å². The first-order valence-electron chi connectivity index (χ1n) is 10.7. The molecule has 0 aliphatic carbocycles. The molecule has 0 spiro atoms. The highest BCUT2D eigenvalue weighted by Gasteiger charge is 2.15. The van der Waals surface area contributed by atoms with Crippen LogP contribution in [0.25, 0.3) is 17.5 Å². The predicted octanol–water partition coefficient (Wildman–Crippen LogP) is 5.94. The molecule has 0 atom stereocenters. The van der Waals surface area contributed by atoms with Crippen molar-refractivity contribution in [2.24, 2.45) is 0 Å². The average Bonchev–Trinajstić information content (AvgIpc) is 3.37. The van der Waals surface area contributed by atoms with Crippen LogP contribution in [0.15, 0.2) is 76.8 Å². The Morgan fingerprint density at radius 1 is 1.00 bits per heavy atom. The van der Waals surface area contributed by atoms with Crippen LogP contribution in [-0.4, -0.2) is 40.5 Å². The number of benzene rings is 3. The van der Waals surface area contributed by atoms with Crippen molar-refractivity contribution in [3.63, 3.8) is 0 Å². The smallest absolute Gasteiger partial charge is 0.342 e. The van der Waals surface area contributed by atoms with Crippen molar-refractivity contribution in [2.45, 2.75) is 11.8 Å². The summed E-state index contributed by atoms with van der Waals surface area (Å²) in [6.07, 6.45) is 1.56. The minimum absolute atomic E-state index is 0.0682. The number of carboxylic acid groups (broad SMARTS) is 1. The summed E-state index contributed by atoms with van der Waals surface area (Å²) < 4.78 is 16.4. The Morgan fingerprint density at radius 3 is 2.28 bits per heavy atom. The molecule has 3 aromatic carbocycles. The summed E-state index contributed by atoms with van der Waals surface area (Å²) in [5.41, 5.74) is 2.39. The largest absolute Gasteiger partial charge is 0.497 e. The first-order chi connectivity index (χ1) is 17.4. The summed E-state index contributed by atoms with van der Waals surface area (Å²) >= 11 is 6.85. The van der Waals surface area contributed by atoms with E-state index in [1.807, 2.05) is 24.3 Å². The van der Waals surface area contributed by atoms with Gasteiger partial charge in [-0.25, -0.2) is 9.78 Å². The number of aliphatic carboxylic acids is 1. The van der Waals surface area contributed by atoms with Gasteiger partial charge in [0, 0.05) is 16.7 Å². The number of ether oxygens (including phenoxy) is 3. The minimum Gasteiger partial charge on any atom is -0.497 e. The van der Waals surface area contributed by atoms with Crippen molar-refractivity contribution in [3.8, 4) is 28.6 Å². The van der Waals surface area contributed by atoms with Gasteiger partial charge in [0.15, 0.2) is 5.82 Å². The van der Waals surface area contributed by atoms with Crippen LogP contribution >= 0.6 is 23.4 Å². The number of aromatic nitrogens is 3. The van der Waals surface area contributed by atoms with E-state index in [1.165, 1.54) is 0 Å². The van der Waals surface area contributed by atoms with Crippen molar-refractivity contribution < 1.29 is 24.1 Å². The number of carboxylic acids is 1. The maximum absolute atomic E-state index is 11.9. The van der Waals surface area contributed by atoms with Crippen LogP contribution in [-0.2, 0) is 11.4 Å². The fraction of sp³-hybridized carbons (Fsp3) is 0.115. The number of methoxy groups -OCH3 is 2. The maximum atomic E-state index is 11.9. The SMILES string of the molecule is COc1cc(OC)cc(-c2nc(S/C(=C\c3ccc(OCc4ccc(Cl)cc4)cc3)C(=O)O)n[nH]2)c1. The first-order valence-corrected chi connectivity index (χ1v) is 11.9. The number of carbonyl (C=O) groups is 1. The van der Waals surface area contributed by atoms with Crippen LogP contribution in [0.5, 0.6) is 17.2 Å². The van der Waals surface area contributed by atoms with E-state index in [1.54, 1.807) is 62.8 Å². The highest BCUT2D eigenvalue weighted by atomic mass is 35.5. The molecule has 4 rings (SSSR count). The van der Waals surface area contributed by atoms with Gasteiger partial charge in [0.1, 0.15) is 28.8 Å². The minimum atomic E-state index is -1.09. The molecular formula is C26H22ClN3O5S. The van der Waals surface area contributed by atoms with Crippen LogP contribution in [0.3, 0.4) is 0 Å². The Kier molecular flexibility index (Phi) is 8.14. The molecule has 0 radical (unpaired) electrons. The maximum Gasteiger partial charge on any atom is 0.342 e. The number of hydrogen-bond acceptors (Lipinski definition) is 7. The van der Waals surface area contributed by atoms with Crippen LogP contribution in [0.1, 0.15) is 11.1 Å². The summed E-state index contributed by atoms with van der Waals surface area (Å²) in [4.78, 5) is 16.4. The van der Waals surface area contributed by atoms with Gasteiger partial charge in [-0.2, -0.15) is 0 Å². The van der Waals surface area contributed by atoms with E-state index in [2.05, 4.69) is 15.2 Å². The molecule has 2 N–H and O–H groups in total. The second kappa shape index (κ2) is 11.7. The van der Waals surface area contributed by atoms with Gasteiger partial charge in [-0.1, -0.05) is 35.9 Å². The zero-order valence-electron chi connectivity index (χ0n) is 19.4. The van der Waals surface area contributed by atoms with Crippen molar-refractivity contribution >= 4 is 35.4 Å². The molecule has 0 aliphatic rings. The number of H-pyrrole nitrogens is 1. The molecule has 0 aliphatic heterocycles. The van der Waals surface area contributed by atoms with E-state index in [0.29, 0.717) is 45.8 Å². The second-order valence-corrected chi connectivity index (χ2v) is 8.91. The quantitative estimate of drug-likeness (QED) is 0.194. The zero-order valence-corrected chi connectivity index (χ0v) is 21.0. The summed E-state index contributed by atoms with van der Waals surface area (Å²) in [6, 6.07) is 19.9. The summed E-state index contributed by atoms with van der Waals surface area (Å²) in [6.45, 7) is 0.398. The molecule has 10 heteroatoms. The zero-order chi connectivity index (χ0) is 25.5. The van der Waals surface area contributed by atoms with Crippen LogP contribution in [0.2, 0.25) is 5.02 Å². The molecule has 1 heterocycles. The number of nitrogens with one attached hydrogen (secondary N) is 1. The molecule has 0 bridgehead atoms. The van der Waals surface area contributed by atoms with E-state index < -0.39 is 5.97 Å². The standard InChI is InChI=1S/C26H22ClN3O5S/c1-33-21-12-18(13-22(14-21)34-2)24-28-26(30-29-24)36-23(25(31)32)11-16-5-9-20(10-6-16)35-15-17-3-7-19(27)8-4-17/h3-14H,15H2,1-2H3,(H,31,32)(H,28,29,30)/b23-11-. The van der Waals surface area contributed by atoms with E-state index in [4.69, 9.17) is 25.8 Å². The lowest BCUT2D eigenvalue weighted by molar-refractivity contribution is -0.131. The fourth-order valence-corrected chi connectivity index (χ4v) is 3.99. The van der Waals surface area contributed by atoms with E-state index in [0.717, 1.165) is 17.3 Å². The molecule has 1 aromatic heterocycles. The number of nitrogens with zero attached hydrogens (tertiary/aromatic N) is 2. The Bertz CT molecular complexity index is 1350. The lowest BCUT2D eigenvalue weighted by Gasteiger charge is -2.07. The molecule has 0 saturated carbocycles. The van der Waals surface area contributed by atoms with Crippen molar-refractivity contribution in [1.82, 2.24) is 15.2 Å². The number of halogens is 1. The highest BCUT2D eigenvalue weighted by molar-refractivity contribution is 8.04. The average molecular weight is 524 g/mol. The van der Waals surface area contributed by atoms with E-state index in [9.17, 15) is 9.90 Å². The van der Waals surface area contributed by atoms with Gasteiger partial charge in [-0.15, -0.1) is 5.10 Å². The van der Waals surface area contributed by atoms with Gasteiger partial charge in [0.25, 0.3) is 0 Å². The molecule has 36 heavy (non-hydrogen) atoms. The Morgan fingerprint density at radius 2 is 1.67 bits per heavy atom. The Balaban J connectivity index is 1.45. The summed E-state index contributed by atoms with van der Waals surface area (Å²) in [5.74, 6) is 1.24. The van der Waals surface area contributed by atoms with Crippen molar-refractivity contribution in [2.75, 3.05) is 14.2 Å². The third-order valence-corrected chi connectivity index (χ3v) is 6.13. The second-order valence-electron chi connectivity index (χ2n) is 7.47. The molecule has 0 fully saturated rings. The van der Waals surface area contributed by atoms with Gasteiger partial charge < -0.3 is 19.3 Å². The molecule has 0 saturated heterocycles. The van der Waals surface area contributed by atoms with Crippen LogP contribution in [0.4, 0.5) is 0 Å². The molecular weight excluding hydrogens is 502 g/mol. The number of thioether (sulfide) groups is 1. The van der Waals surface area contributed by atoms with Crippen LogP contribution < -0.4 is 14.2 Å². The normalized spacial score (nSPS) is 11.2. The third kappa shape index (κ3) is 6.59. The summed E-state index contributed by atoms with van der Waals surface area (Å²) in [7, 11) is 3.12. The molecule has 0 unspecified atom stereocenters. The van der Waals surface area contributed by atoms with Gasteiger partial charge in [-0.3, -0.25) is 5.10 Å². The molecule has 184 valence electrons. The first kappa shape index (κ1) is 25.2. The van der Waals surface area contributed by atoms with Gasteiger partial charge in [0.05, 0.1) is 14.2 Å². The number of aromatic amines is 1. The Labute approximate surface area is 216 Å². The monoisotopic (exact) mass is 523 g/mol. The fourth-order valence-electron chi connectivity index (χ4n) is 3.16. The summed E-state index contributed by atoms with van der Waals surface area (Å²) in [5, 5.41) is 17.6. The molecule has 0 amide bonds. The predicted molar refractivity (Wildman–Crippen MR) is 139 cm³/mol. The molecule has 8 nitrogen and oxygen atoms in total. The lowest BCUT2D eigenvalue weighted by Crippen LogP contribution is -1.97. The topological polar surface area (TPSA) is 107 Å². The molecule has 4 aromatic rings. The Hall–Kier alpha value is -3.95. The van der Waals surface area contributed by atoms with Crippen molar-refractivity contribution in [1.29, 1.82) is 0 Å². The van der Waals surface area contributed by atoms with Gasteiger partial charge in [0.2, 0.25) is 5.16 Å². The van der Waals surface area contributed by atoms with Crippen molar-refractivity contribution in [3.05, 3.63) is 87.8 Å². The lowest BCUT2D eigenvalue weighted by atomic mass is 10.2. The van der Waals surface area contributed by atoms with E-state index >= 15 is 0 Å². The highest BCUT2D eigenvalue weighted by Crippen LogP contribution is 2.31. The number of rotatable bonds is 10. The third-order valence-electron chi connectivity index (χ3n) is 5.00.